The fraction of sp³-hybridized carbons (Fsp3) is 0.933. The number of carbonyl (C=O) groups is 1. The molecular weight excluding hydrogens is 224 g/mol. The zero-order chi connectivity index (χ0) is 13.6. The van der Waals surface area contributed by atoms with Crippen LogP contribution in [0.5, 0.6) is 0 Å². The zero-order valence-electron chi connectivity index (χ0n) is 12.5. The van der Waals surface area contributed by atoms with Crippen LogP contribution in [0.1, 0.15) is 66.2 Å². The summed E-state index contributed by atoms with van der Waals surface area (Å²) in [6, 6.07) is 0.0210. The number of piperidine rings is 1. The molecule has 106 valence electrons. The molecule has 1 aliphatic heterocycles. The summed E-state index contributed by atoms with van der Waals surface area (Å²) in [6.07, 6.45) is 6.42. The molecule has 1 saturated heterocycles. The van der Waals surface area contributed by atoms with Crippen LogP contribution < -0.4 is 10.6 Å². The van der Waals surface area contributed by atoms with Crippen LogP contribution in [0.2, 0.25) is 0 Å². The van der Waals surface area contributed by atoms with E-state index in [9.17, 15) is 4.79 Å². The molecule has 0 radical (unpaired) electrons. The van der Waals surface area contributed by atoms with Crippen LogP contribution in [0.4, 0.5) is 0 Å². The molecule has 2 N–H and O–H groups in total. The van der Waals surface area contributed by atoms with Gasteiger partial charge in [-0.15, -0.1) is 0 Å². The van der Waals surface area contributed by atoms with Crippen molar-refractivity contribution in [3.8, 4) is 0 Å². The molecule has 3 nitrogen and oxygen atoms in total. The predicted octanol–water partition coefficient (Wildman–Crippen LogP) is 2.85. The highest BCUT2D eigenvalue weighted by Crippen LogP contribution is 2.22. The molecule has 3 heteroatoms. The van der Waals surface area contributed by atoms with E-state index in [0.29, 0.717) is 5.92 Å². The van der Waals surface area contributed by atoms with Crippen LogP contribution in [-0.2, 0) is 4.79 Å². The fourth-order valence-electron chi connectivity index (χ4n) is 2.93. The van der Waals surface area contributed by atoms with Crippen LogP contribution in [0.25, 0.3) is 0 Å². The molecule has 0 spiro atoms. The van der Waals surface area contributed by atoms with Gasteiger partial charge in [-0.3, -0.25) is 4.79 Å². The maximum Gasteiger partial charge on any atom is 0.237 e. The lowest BCUT2D eigenvalue weighted by Crippen LogP contribution is -2.55. The minimum Gasteiger partial charge on any atom is -0.349 e. The van der Waals surface area contributed by atoms with Crippen molar-refractivity contribution in [3.63, 3.8) is 0 Å². The second-order valence-electron chi connectivity index (χ2n) is 5.64. The van der Waals surface area contributed by atoms with Crippen LogP contribution in [0, 0.1) is 5.92 Å². The number of carbonyl (C=O) groups excluding carboxylic acids is 1. The smallest absolute Gasteiger partial charge is 0.237 e. The van der Waals surface area contributed by atoms with Crippen molar-refractivity contribution < 1.29 is 4.79 Å². The van der Waals surface area contributed by atoms with Gasteiger partial charge in [-0.05, 0) is 44.6 Å². The lowest BCUT2D eigenvalue weighted by Gasteiger charge is -2.36. The Labute approximate surface area is 112 Å². The van der Waals surface area contributed by atoms with E-state index in [1.54, 1.807) is 0 Å². The van der Waals surface area contributed by atoms with Gasteiger partial charge in [-0.2, -0.15) is 0 Å². The lowest BCUT2D eigenvalue weighted by atomic mass is 9.87. The Morgan fingerprint density at radius 3 is 2.33 bits per heavy atom. The van der Waals surface area contributed by atoms with Gasteiger partial charge >= 0.3 is 0 Å². The Morgan fingerprint density at radius 2 is 1.83 bits per heavy atom. The molecular formula is C15H30N2O. The first-order valence-corrected chi connectivity index (χ1v) is 7.66. The molecule has 1 fully saturated rings. The highest BCUT2D eigenvalue weighted by atomic mass is 16.2. The molecule has 1 amide bonds. The van der Waals surface area contributed by atoms with E-state index >= 15 is 0 Å². The standard InChI is InChI=1S/C15H30N2O/c1-5-12-9-10-16-13(11-12)14(18)17-15(6-2,7-3)8-4/h12-13,16H,5-11H2,1-4H3,(H,17,18). The summed E-state index contributed by atoms with van der Waals surface area (Å²) in [4.78, 5) is 12.4. The molecule has 18 heavy (non-hydrogen) atoms. The largest absolute Gasteiger partial charge is 0.349 e. The van der Waals surface area contributed by atoms with Gasteiger partial charge in [0.25, 0.3) is 0 Å². The van der Waals surface area contributed by atoms with E-state index in [4.69, 9.17) is 0 Å². The van der Waals surface area contributed by atoms with Gasteiger partial charge in [-0.25, -0.2) is 0 Å². The summed E-state index contributed by atoms with van der Waals surface area (Å²) in [5, 5.41) is 6.66. The second-order valence-corrected chi connectivity index (χ2v) is 5.64. The normalized spacial score (nSPS) is 24.9. The van der Waals surface area contributed by atoms with Crippen molar-refractivity contribution in [1.29, 1.82) is 0 Å². The summed E-state index contributed by atoms with van der Waals surface area (Å²) >= 11 is 0. The Kier molecular flexibility index (Phi) is 6.13. The average molecular weight is 254 g/mol. The molecule has 0 bridgehead atoms. The lowest BCUT2D eigenvalue weighted by molar-refractivity contribution is -0.126. The SMILES string of the molecule is CCC1CCNC(C(=O)NC(CC)(CC)CC)C1. The number of hydrogen-bond acceptors (Lipinski definition) is 2. The maximum atomic E-state index is 12.4. The zero-order valence-corrected chi connectivity index (χ0v) is 12.5. The molecule has 1 aliphatic rings. The Morgan fingerprint density at radius 1 is 1.22 bits per heavy atom. The molecule has 2 atom stereocenters. The van der Waals surface area contributed by atoms with E-state index in [0.717, 1.165) is 32.2 Å². The molecule has 2 unspecified atom stereocenters. The maximum absolute atomic E-state index is 12.4. The monoisotopic (exact) mass is 254 g/mol. The van der Waals surface area contributed by atoms with Crippen molar-refractivity contribution >= 4 is 5.91 Å². The van der Waals surface area contributed by atoms with E-state index in [2.05, 4.69) is 38.3 Å². The molecule has 0 aromatic heterocycles. The summed E-state index contributed by atoms with van der Waals surface area (Å²) < 4.78 is 0. The van der Waals surface area contributed by atoms with Gasteiger partial charge in [-0.1, -0.05) is 34.1 Å². The molecule has 0 saturated carbocycles. The van der Waals surface area contributed by atoms with Gasteiger partial charge in [0.05, 0.1) is 6.04 Å². The number of hydrogen-bond donors (Lipinski definition) is 2. The van der Waals surface area contributed by atoms with Crippen LogP contribution in [0.15, 0.2) is 0 Å². The molecule has 0 aliphatic carbocycles. The first-order valence-electron chi connectivity index (χ1n) is 7.66. The molecule has 0 aromatic rings. The van der Waals surface area contributed by atoms with Gasteiger partial charge in [0, 0.05) is 5.54 Å². The van der Waals surface area contributed by atoms with E-state index in [-0.39, 0.29) is 17.5 Å². The third kappa shape index (κ3) is 3.71. The van der Waals surface area contributed by atoms with Crippen molar-refractivity contribution in [1.82, 2.24) is 10.6 Å². The van der Waals surface area contributed by atoms with Gasteiger partial charge in [0.15, 0.2) is 0 Å². The van der Waals surface area contributed by atoms with Crippen molar-refractivity contribution in [2.45, 2.75) is 77.8 Å². The highest BCUT2D eigenvalue weighted by molar-refractivity contribution is 5.82. The highest BCUT2D eigenvalue weighted by Gasteiger charge is 2.31. The average Bonchev–Trinajstić information content (AvgIpc) is 2.44. The van der Waals surface area contributed by atoms with Gasteiger partial charge in [0.2, 0.25) is 5.91 Å². The summed E-state index contributed by atoms with van der Waals surface area (Å²) in [5.74, 6) is 0.917. The van der Waals surface area contributed by atoms with Gasteiger partial charge < -0.3 is 10.6 Å². The molecule has 1 rings (SSSR count). The van der Waals surface area contributed by atoms with Crippen molar-refractivity contribution in [2.24, 2.45) is 5.92 Å². The first kappa shape index (κ1) is 15.5. The Bertz CT molecular complexity index is 253. The second kappa shape index (κ2) is 7.13. The molecule has 1 heterocycles. The van der Waals surface area contributed by atoms with Gasteiger partial charge in [0.1, 0.15) is 0 Å². The predicted molar refractivity (Wildman–Crippen MR) is 76.6 cm³/mol. The molecule has 0 aromatic carbocycles. The van der Waals surface area contributed by atoms with E-state index in [1.807, 2.05) is 0 Å². The topological polar surface area (TPSA) is 41.1 Å². The van der Waals surface area contributed by atoms with E-state index < -0.39 is 0 Å². The third-order valence-corrected chi connectivity index (χ3v) is 4.82. The van der Waals surface area contributed by atoms with E-state index in [1.165, 1.54) is 12.8 Å². The van der Waals surface area contributed by atoms with Crippen molar-refractivity contribution in [2.75, 3.05) is 6.54 Å². The quantitative estimate of drug-likeness (QED) is 0.765. The summed E-state index contributed by atoms with van der Waals surface area (Å²) in [7, 11) is 0. The van der Waals surface area contributed by atoms with Crippen LogP contribution in [0.3, 0.4) is 0 Å². The number of nitrogens with one attached hydrogen (secondary N) is 2. The van der Waals surface area contributed by atoms with Crippen molar-refractivity contribution in [3.05, 3.63) is 0 Å². The van der Waals surface area contributed by atoms with Crippen LogP contribution in [-0.4, -0.2) is 24.0 Å². The number of amides is 1. The minimum absolute atomic E-state index is 0.00206. The minimum atomic E-state index is -0.00206. The van der Waals surface area contributed by atoms with Crippen LogP contribution >= 0.6 is 0 Å². The fourth-order valence-corrected chi connectivity index (χ4v) is 2.93. The number of rotatable bonds is 6. The third-order valence-electron chi connectivity index (χ3n) is 4.82. The summed E-state index contributed by atoms with van der Waals surface area (Å²) in [5.41, 5.74) is -0.00206. The Hall–Kier alpha value is -0.570. The Balaban J connectivity index is 2.58. The first-order chi connectivity index (χ1) is 8.60. The summed E-state index contributed by atoms with van der Waals surface area (Å²) in [6.45, 7) is 9.69.